The molecule has 1 amide bonds. The maximum absolute atomic E-state index is 13.3. The number of carbonyl (C=O) groups is 1. The molecule has 1 atom stereocenters. The molecule has 0 bridgehead atoms. The number of halogens is 1. The highest BCUT2D eigenvalue weighted by atomic mass is 79.9. The number of hydrogen-bond acceptors (Lipinski definition) is 3. The summed E-state index contributed by atoms with van der Waals surface area (Å²) in [6.07, 6.45) is 1.84. The van der Waals surface area contributed by atoms with Gasteiger partial charge >= 0.3 is 0 Å². The summed E-state index contributed by atoms with van der Waals surface area (Å²) in [4.78, 5) is 15.3. The van der Waals surface area contributed by atoms with Crippen molar-refractivity contribution >= 4 is 31.9 Å². The second-order valence-electron chi connectivity index (χ2n) is 6.80. The van der Waals surface area contributed by atoms with Crippen molar-refractivity contribution in [1.29, 1.82) is 0 Å². The van der Waals surface area contributed by atoms with Crippen molar-refractivity contribution < 1.29 is 13.2 Å². The van der Waals surface area contributed by atoms with E-state index in [0.29, 0.717) is 29.7 Å². The third kappa shape index (κ3) is 4.02. The third-order valence-corrected chi connectivity index (χ3v) is 7.95. The number of likely N-dealkylation sites (tertiary alicyclic amines) is 1. The normalized spacial score (nSPS) is 17.3. The van der Waals surface area contributed by atoms with Crippen LogP contribution in [0.1, 0.15) is 48.7 Å². The number of hydrogen-bond donors (Lipinski definition) is 0. The fourth-order valence-corrected chi connectivity index (χ4v) is 5.63. The van der Waals surface area contributed by atoms with Crippen LogP contribution in [0, 0.1) is 0 Å². The van der Waals surface area contributed by atoms with Crippen molar-refractivity contribution in [2.24, 2.45) is 0 Å². The molecule has 0 radical (unpaired) electrons. The molecule has 7 heteroatoms. The van der Waals surface area contributed by atoms with Gasteiger partial charge in [0, 0.05) is 24.1 Å². The van der Waals surface area contributed by atoms with Crippen LogP contribution in [0.15, 0.2) is 57.9 Å². The molecule has 3 rings (SSSR count). The summed E-state index contributed by atoms with van der Waals surface area (Å²) in [7, 11) is -3.62. The van der Waals surface area contributed by atoms with Crippen LogP contribution in [0.5, 0.6) is 0 Å². The van der Waals surface area contributed by atoms with Gasteiger partial charge in [0.15, 0.2) is 0 Å². The Kier molecular flexibility index (Phi) is 6.58. The Hall–Kier alpha value is -1.70. The lowest BCUT2D eigenvalue weighted by Crippen LogP contribution is -2.32. The SMILES string of the molecule is CCN(CC)S(=O)(=O)c1ccc(Br)c(C(=O)N2CCCC2c2ccccc2)c1. The van der Waals surface area contributed by atoms with E-state index in [-0.39, 0.29) is 16.8 Å². The first kappa shape index (κ1) is 21.0. The van der Waals surface area contributed by atoms with Gasteiger partial charge in [0.05, 0.1) is 16.5 Å². The van der Waals surface area contributed by atoms with Crippen molar-refractivity contribution in [3.8, 4) is 0 Å². The fourth-order valence-electron chi connectivity index (χ4n) is 3.73. The summed E-state index contributed by atoms with van der Waals surface area (Å²) in [6.45, 7) is 5.06. The zero-order valence-corrected chi connectivity index (χ0v) is 18.5. The van der Waals surface area contributed by atoms with Crippen molar-refractivity contribution in [3.05, 3.63) is 64.1 Å². The molecule has 28 heavy (non-hydrogen) atoms. The molecule has 2 aromatic rings. The van der Waals surface area contributed by atoms with Gasteiger partial charge in [-0.15, -0.1) is 0 Å². The lowest BCUT2D eigenvalue weighted by Gasteiger charge is -2.26. The molecule has 1 saturated heterocycles. The number of sulfonamides is 1. The van der Waals surface area contributed by atoms with Crippen LogP contribution in [0.25, 0.3) is 0 Å². The van der Waals surface area contributed by atoms with Crippen molar-refractivity contribution in [2.45, 2.75) is 37.6 Å². The van der Waals surface area contributed by atoms with E-state index in [4.69, 9.17) is 0 Å². The van der Waals surface area contributed by atoms with E-state index in [1.165, 1.54) is 10.4 Å². The molecule has 0 saturated carbocycles. The van der Waals surface area contributed by atoms with Gasteiger partial charge in [-0.1, -0.05) is 44.2 Å². The number of carbonyl (C=O) groups excluding carboxylic acids is 1. The summed E-state index contributed by atoms with van der Waals surface area (Å²) >= 11 is 3.44. The molecule has 1 aliphatic heterocycles. The Morgan fingerprint density at radius 2 is 1.82 bits per heavy atom. The van der Waals surface area contributed by atoms with Crippen LogP contribution in [-0.2, 0) is 10.0 Å². The summed E-state index contributed by atoms with van der Waals surface area (Å²) < 4.78 is 27.7. The highest BCUT2D eigenvalue weighted by Crippen LogP contribution is 2.34. The Balaban J connectivity index is 1.96. The monoisotopic (exact) mass is 464 g/mol. The largest absolute Gasteiger partial charge is 0.332 e. The quantitative estimate of drug-likeness (QED) is 0.633. The molecular weight excluding hydrogens is 440 g/mol. The zero-order valence-electron chi connectivity index (χ0n) is 16.1. The molecule has 2 aromatic carbocycles. The summed E-state index contributed by atoms with van der Waals surface area (Å²) in [5.41, 5.74) is 1.49. The van der Waals surface area contributed by atoms with E-state index in [9.17, 15) is 13.2 Å². The minimum atomic E-state index is -3.62. The molecule has 5 nitrogen and oxygen atoms in total. The minimum absolute atomic E-state index is 0.0173. The molecular formula is C21H25BrN2O3S. The highest BCUT2D eigenvalue weighted by Gasteiger charge is 2.32. The van der Waals surface area contributed by atoms with E-state index < -0.39 is 10.0 Å². The molecule has 0 spiro atoms. The Morgan fingerprint density at radius 1 is 1.14 bits per heavy atom. The zero-order chi connectivity index (χ0) is 20.3. The molecule has 0 aromatic heterocycles. The predicted octanol–water partition coefficient (Wildman–Crippen LogP) is 4.46. The van der Waals surface area contributed by atoms with Crippen LogP contribution in [0.4, 0.5) is 0 Å². The van der Waals surface area contributed by atoms with Gasteiger partial charge in [-0.25, -0.2) is 8.42 Å². The number of nitrogens with zero attached hydrogens (tertiary/aromatic N) is 2. The van der Waals surface area contributed by atoms with Crippen LogP contribution < -0.4 is 0 Å². The van der Waals surface area contributed by atoms with Gasteiger partial charge < -0.3 is 4.90 Å². The van der Waals surface area contributed by atoms with Gasteiger partial charge in [0.2, 0.25) is 10.0 Å². The molecule has 150 valence electrons. The van der Waals surface area contributed by atoms with Crippen molar-refractivity contribution in [2.75, 3.05) is 19.6 Å². The third-order valence-electron chi connectivity index (χ3n) is 5.21. The summed E-state index contributed by atoms with van der Waals surface area (Å²) in [5.74, 6) is -0.144. The summed E-state index contributed by atoms with van der Waals surface area (Å²) in [6, 6.07) is 14.7. The number of benzene rings is 2. The topological polar surface area (TPSA) is 57.7 Å². The maximum Gasteiger partial charge on any atom is 0.255 e. The Labute approximate surface area is 175 Å². The fraction of sp³-hybridized carbons (Fsp3) is 0.381. The number of rotatable bonds is 6. The van der Waals surface area contributed by atoms with E-state index in [2.05, 4.69) is 15.9 Å². The van der Waals surface area contributed by atoms with Crippen LogP contribution in [0.2, 0.25) is 0 Å². The maximum atomic E-state index is 13.3. The van der Waals surface area contributed by atoms with Crippen molar-refractivity contribution in [3.63, 3.8) is 0 Å². The first-order valence-corrected chi connectivity index (χ1v) is 11.8. The molecule has 1 aliphatic rings. The van der Waals surface area contributed by atoms with Gasteiger partial charge in [-0.3, -0.25) is 4.79 Å². The van der Waals surface area contributed by atoms with Crippen LogP contribution in [-0.4, -0.2) is 43.2 Å². The molecule has 1 heterocycles. The highest BCUT2D eigenvalue weighted by molar-refractivity contribution is 9.10. The van der Waals surface area contributed by atoms with Crippen LogP contribution >= 0.6 is 15.9 Å². The predicted molar refractivity (Wildman–Crippen MR) is 114 cm³/mol. The summed E-state index contributed by atoms with van der Waals surface area (Å²) in [5, 5.41) is 0. The number of amides is 1. The molecule has 0 N–H and O–H groups in total. The lowest BCUT2D eigenvalue weighted by molar-refractivity contribution is 0.0734. The Bertz CT molecular complexity index is 943. The van der Waals surface area contributed by atoms with E-state index in [1.54, 1.807) is 26.0 Å². The van der Waals surface area contributed by atoms with Gasteiger partial charge in [-0.2, -0.15) is 4.31 Å². The molecule has 0 aliphatic carbocycles. The van der Waals surface area contributed by atoms with E-state index in [0.717, 1.165) is 18.4 Å². The lowest BCUT2D eigenvalue weighted by atomic mass is 10.0. The molecule has 1 fully saturated rings. The second-order valence-corrected chi connectivity index (χ2v) is 9.59. The average molecular weight is 465 g/mol. The van der Waals surface area contributed by atoms with E-state index >= 15 is 0 Å². The first-order chi connectivity index (χ1) is 13.4. The van der Waals surface area contributed by atoms with E-state index in [1.807, 2.05) is 35.2 Å². The Morgan fingerprint density at radius 3 is 2.46 bits per heavy atom. The average Bonchev–Trinajstić information content (AvgIpc) is 3.19. The van der Waals surface area contributed by atoms with Gasteiger partial charge in [0.1, 0.15) is 0 Å². The second kappa shape index (κ2) is 8.76. The van der Waals surface area contributed by atoms with Gasteiger partial charge in [0.25, 0.3) is 5.91 Å². The first-order valence-electron chi connectivity index (χ1n) is 9.55. The van der Waals surface area contributed by atoms with Crippen molar-refractivity contribution in [1.82, 2.24) is 9.21 Å². The minimum Gasteiger partial charge on any atom is -0.332 e. The smallest absolute Gasteiger partial charge is 0.255 e. The molecule has 1 unspecified atom stereocenters. The van der Waals surface area contributed by atoms with Gasteiger partial charge in [-0.05, 0) is 52.5 Å². The van der Waals surface area contributed by atoms with Crippen LogP contribution in [0.3, 0.4) is 0 Å². The standard InChI is InChI=1S/C21H25BrN2O3S/c1-3-23(4-2)28(26,27)17-12-13-19(22)18(15-17)21(25)24-14-8-11-20(24)16-9-6-5-7-10-16/h5-7,9-10,12-13,15,20H,3-4,8,11,14H2,1-2H3.